The average molecular weight is 356 g/mol. The number of ether oxygens (including phenoxy) is 2. The highest BCUT2D eigenvalue weighted by Crippen LogP contribution is 2.31. The minimum absolute atomic E-state index is 0.0182. The maximum absolute atomic E-state index is 12.6. The molecule has 0 fully saturated rings. The van der Waals surface area contributed by atoms with Gasteiger partial charge in [-0.3, -0.25) is 4.79 Å². The second-order valence-electron chi connectivity index (χ2n) is 6.68. The lowest BCUT2D eigenvalue weighted by molar-refractivity contribution is 0.0941. The average Bonchev–Trinajstić information content (AvgIpc) is 2.60. The molecule has 140 valence electrons. The normalized spacial score (nSPS) is 12.0. The number of methoxy groups -OCH3 is 2. The molecular weight excluding hydrogens is 328 g/mol. The molecule has 0 radical (unpaired) electrons. The number of rotatable bonds is 7. The Balaban J connectivity index is 2.17. The molecule has 2 rings (SSSR count). The van der Waals surface area contributed by atoms with E-state index in [1.807, 2.05) is 58.3 Å². The summed E-state index contributed by atoms with van der Waals surface area (Å²) in [5.41, 5.74) is 3.90. The summed E-state index contributed by atoms with van der Waals surface area (Å²) >= 11 is 0. The molecule has 2 aromatic carbocycles. The Kier molecular flexibility index (Phi) is 6.64. The first-order chi connectivity index (χ1) is 12.3. The highest BCUT2D eigenvalue weighted by Gasteiger charge is 2.18. The fourth-order valence-electron chi connectivity index (χ4n) is 3.06. The van der Waals surface area contributed by atoms with Gasteiger partial charge in [-0.15, -0.1) is 0 Å². The lowest BCUT2D eigenvalue weighted by Crippen LogP contribution is -2.34. The summed E-state index contributed by atoms with van der Waals surface area (Å²) in [6.45, 7) is 4.49. The predicted molar refractivity (Wildman–Crippen MR) is 104 cm³/mol. The van der Waals surface area contributed by atoms with Crippen molar-refractivity contribution >= 4 is 5.91 Å². The SMILES string of the molecule is COc1ccc([C@@H](CNC(=O)c2cc(C)cc(C)c2)N(C)C)cc1OC. The molecule has 0 heterocycles. The fourth-order valence-corrected chi connectivity index (χ4v) is 3.06. The molecule has 5 nitrogen and oxygen atoms in total. The van der Waals surface area contributed by atoms with Crippen molar-refractivity contribution in [3.8, 4) is 11.5 Å². The molecule has 0 aliphatic carbocycles. The van der Waals surface area contributed by atoms with Gasteiger partial charge in [0.05, 0.1) is 20.3 Å². The van der Waals surface area contributed by atoms with Crippen LogP contribution in [-0.4, -0.2) is 45.7 Å². The van der Waals surface area contributed by atoms with Gasteiger partial charge in [0, 0.05) is 12.1 Å². The number of amides is 1. The smallest absolute Gasteiger partial charge is 0.251 e. The van der Waals surface area contributed by atoms with Crippen LogP contribution in [0.5, 0.6) is 11.5 Å². The standard InChI is InChI=1S/C21H28N2O3/c1-14-9-15(2)11-17(10-14)21(24)22-13-18(23(3)4)16-7-8-19(25-5)20(12-16)26-6/h7-12,18H,13H2,1-6H3,(H,22,24)/t18-/m1/s1. The van der Waals surface area contributed by atoms with Crippen LogP contribution in [0, 0.1) is 13.8 Å². The number of carbonyl (C=O) groups is 1. The molecule has 1 atom stereocenters. The minimum atomic E-state index is -0.0656. The van der Waals surface area contributed by atoms with Crippen molar-refractivity contribution in [2.75, 3.05) is 34.9 Å². The van der Waals surface area contributed by atoms with Crippen molar-refractivity contribution in [2.45, 2.75) is 19.9 Å². The minimum Gasteiger partial charge on any atom is -0.493 e. The van der Waals surface area contributed by atoms with Crippen molar-refractivity contribution in [2.24, 2.45) is 0 Å². The maximum atomic E-state index is 12.6. The van der Waals surface area contributed by atoms with Gasteiger partial charge >= 0.3 is 0 Å². The Bertz CT molecular complexity index is 752. The van der Waals surface area contributed by atoms with Crippen molar-refractivity contribution in [1.82, 2.24) is 10.2 Å². The molecule has 0 unspecified atom stereocenters. The van der Waals surface area contributed by atoms with Crippen LogP contribution in [0.15, 0.2) is 36.4 Å². The van der Waals surface area contributed by atoms with Crippen LogP contribution in [0.3, 0.4) is 0 Å². The lowest BCUT2D eigenvalue weighted by Gasteiger charge is -2.26. The molecule has 0 aliphatic rings. The number of carbonyl (C=O) groups excluding carboxylic acids is 1. The van der Waals surface area contributed by atoms with Gasteiger partial charge in [0.1, 0.15) is 0 Å². The van der Waals surface area contributed by atoms with Gasteiger partial charge in [-0.25, -0.2) is 0 Å². The first-order valence-corrected chi connectivity index (χ1v) is 8.60. The van der Waals surface area contributed by atoms with Gasteiger partial charge in [-0.05, 0) is 57.8 Å². The fraction of sp³-hybridized carbons (Fsp3) is 0.381. The van der Waals surface area contributed by atoms with Crippen LogP contribution in [-0.2, 0) is 0 Å². The summed E-state index contributed by atoms with van der Waals surface area (Å²) < 4.78 is 10.7. The number of nitrogens with one attached hydrogen (secondary N) is 1. The monoisotopic (exact) mass is 356 g/mol. The van der Waals surface area contributed by atoms with E-state index < -0.39 is 0 Å². The van der Waals surface area contributed by atoms with Gasteiger partial charge in [0.15, 0.2) is 11.5 Å². The van der Waals surface area contributed by atoms with E-state index in [4.69, 9.17) is 9.47 Å². The van der Waals surface area contributed by atoms with Crippen molar-refractivity contribution in [3.05, 3.63) is 58.7 Å². The molecule has 0 saturated carbocycles. The molecule has 0 aromatic heterocycles. The molecular formula is C21H28N2O3. The molecule has 26 heavy (non-hydrogen) atoms. The largest absolute Gasteiger partial charge is 0.493 e. The van der Waals surface area contributed by atoms with Crippen molar-refractivity contribution in [3.63, 3.8) is 0 Å². The molecule has 0 spiro atoms. The quantitative estimate of drug-likeness (QED) is 0.827. The molecule has 0 bridgehead atoms. The van der Waals surface area contributed by atoms with E-state index in [1.54, 1.807) is 14.2 Å². The third-order valence-electron chi connectivity index (χ3n) is 4.36. The van der Waals surface area contributed by atoms with E-state index in [9.17, 15) is 4.79 Å². The highest BCUT2D eigenvalue weighted by molar-refractivity contribution is 5.94. The van der Waals surface area contributed by atoms with Gasteiger partial charge < -0.3 is 19.7 Å². The summed E-state index contributed by atoms with van der Waals surface area (Å²) in [7, 11) is 7.22. The third-order valence-corrected chi connectivity index (χ3v) is 4.36. The van der Waals surface area contributed by atoms with E-state index in [1.165, 1.54) is 0 Å². The molecule has 1 amide bonds. The van der Waals surface area contributed by atoms with Gasteiger partial charge in [0.2, 0.25) is 0 Å². The van der Waals surface area contributed by atoms with Crippen LogP contribution in [0.1, 0.15) is 33.1 Å². The van der Waals surface area contributed by atoms with E-state index >= 15 is 0 Å². The van der Waals surface area contributed by atoms with Gasteiger partial charge in [-0.1, -0.05) is 23.3 Å². The third kappa shape index (κ3) is 4.76. The second kappa shape index (κ2) is 8.72. The number of nitrogens with zero attached hydrogens (tertiary/aromatic N) is 1. The Morgan fingerprint density at radius 1 is 1.00 bits per heavy atom. The number of benzene rings is 2. The van der Waals surface area contributed by atoms with Crippen LogP contribution >= 0.6 is 0 Å². The van der Waals surface area contributed by atoms with Crippen molar-refractivity contribution in [1.29, 1.82) is 0 Å². The summed E-state index contributed by atoms with van der Waals surface area (Å²) in [4.78, 5) is 14.6. The van der Waals surface area contributed by atoms with Crippen LogP contribution < -0.4 is 14.8 Å². The zero-order valence-electron chi connectivity index (χ0n) is 16.4. The van der Waals surface area contributed by atoms with E-state index in [0.29, 0.717) is 23.6 Å². The number of likely N-dealkylation sites (N-methyl/N-ethyl adjacent to an activating group) is 1. The lowest BCUT2D eigenvalue weighted by atomic mass is 10.0. The molecule has 0 aliphatic heterocycles. The summed E-state index contributed by atoms with van der Waals surface area (Å²) in [5.74, 6) is 1.30. The topological polar surface area (TPSA) is 50.8 Å². The first-order valence-electron chi connectivity index (χ1n) is 8.60. The van der Waals surface area contributed by atoms with Crippen LogP contribution in [0.4, 0.5) is 0 Å². The highest BCUT2D eigenvalue weighted by atomic mass is 16.5. The number of hydrogen-bond acceptors (Lipinski definition) is 4. The summed E-state index contributed by atoms with van der Waals surface area (Å²) in [6, 6.07) is 11.7. The van der Waals surface area contributed by atoms with E-state index in [2.05, 4.69) is 16.3 Å². The van der Waals surface area contributed by atoms with Crippen LogP contribution in [0.2, 0.25) is 0 Å². The van der Waals surface area contributed by atoms with Gasteiger partial charge in [-0.2, -0.15) is 0 Å². The zero-order chi connectivity index (χ0) is 19.3. The summed E-state index contributed by atoms with van der Waals surface area (Å²) in [6.07, 6.45) is 0. The molecule has 2 aromatic rings. The maximum Gasteiger partial charge on any atom is 0.251 e. The zero-order valence-corrected chi connectivity index (χ0v) is 16.4. The molecule has 1 N–H and O–H groups in total. The predicted octanol–water partition coefficient (Wildman–Crippen LogP) is 3.35. The Morgan fingerprint density at radius 2 is 1.62 bits per heavy atom. The molecule has 5 heteroatoms. The van der Waals surface area contributed by atoms with Crippen LogP contribution in [0.25, 0.3) is 0 Å². The Morgan fingerprint density at radius 3 is 2.15 bits per heavy atom. The Labute approximate surface area is 155 Å². The number of aryl methyl sites for hydroxylation is 2. The second-order valence-corrected chi connectivity index (χ2v) is 6.68. The summed E-state index contributed by atoms with van der Waals surface area (Å²) in [5, 5.41) is 3.05. The van der Waals surface area contributed by atoms with Gasteiger partial charge in [0.25, 0.3) is 5.91 Å². The van der Waals surface area contributed by atoms with E-state index in [-0.39, 0.29) is 11.9 Å². The van der Waals surface area contributed by atoms with Crippen molar-refractivity contribution < 1.29 is 14.3 Å². The molecule has 0 saturated heterocycles. The van der Waals surface area contributed by atoms with E-state index in [0.717, 1.165) is 16.7 Å². The Hall–Kier alpha value is -2.53. The number of hydrogen-bond donors (Lipinski definition) is 1. The first kappa shape index (κ1) is 19.8.